The zero-order chi connectivity index (χ0) is 17.2. The first-order chi connectivity index (χ1) is 12.3. The molecular formula is C21H19NOS2. The maximum Gasteiger partial charge on any atom is 0.264 e. The maximum absolute atomic E-state index is 13.0. The van der Waals surface area contributed by atoms with Crippen molar-refractivity contribution >= 4 is 29.0 Å². The lowest BCUT2D eigenvalue weighted by Crippen LogP contribution is -2.29. The summed E-state index contributed by atoms with van der Waals surface area (Å²) < 4.78 is 0. The van der Waals surface area contributed by atoms with Gasteiger partial charge < -0.3 is 4.90 Å². The Morgan fingerprint density at radius 1 is 1.08 bits per heavy atom. The van der Waals surface area contributed by atoms with Crippen molar-refractivity contribution in [1.29, 1.82) is 0 Å². The van der Waals surface area contributed by atoms with Crippen molar-refractivity contribution in [2.75, 3.05) is 6.54 Å². The molecule has 25 heavy (non-hydrogen) atoms. The zero-order valence-electron chi connectivity index (χ0n) is 14.1. The SMILES string of the molecule is CCN(Cc1ccccc1)C(=O)c1cc2c(s1)-c1ccccc1SC2. The number of benzene rings is 2. The van der Waals surface area contributed by atoms with Crippen LogP contribution in [0, 0.1) is 0 Å². The highest BCUT2D eigenvalue weighted by Crippen LogP contribution is 2.45. The molecule has 0 fully saturated rings. The molecule has 4 rings (SSSR count). The van der Waals surface area contributed by atoms with Crippen molar-refractivity contribution in [3.05, 3.63) is 76.7 Å². The minimum Gasteiger partial charge on any atom is -0.334 e. The van der Waals surface area contributed by atoms with E-state index in [0.717, 1.165) is 10.6 Å². The van der Waals surface area contributed by atoms with Crippen molar-refractivity contribution in [1.82, 2.24) is 4.90 Å². The molecule has 1 aliphatic heterocycles. The van der Waals surface area contributed by atoms with Crippen LogP contribution in [0.25, 0.3) is 10.4 Å². The summed E-state index contributed by atoms with van der Waals surface area (Å²) in [5.41, 5.74) is 3.72. The largest absolute Gasteiger partial charge is 0.334 e. The third kappa shape index (κ3) is 3.24. The van der Waals surface area contributed by atoms with Gasteiger partial charge in [0, 0.05) is 34.2 Å². The Morgan fingerprint density at radius 2 is 1.84 bits per heavy atom. The van der Waals surface area contributed by atoms with E-state index in [9.17, 15) is 4.79 Å². The van der Waals surface area contributed by atoms with Crippen molar-refractivity contribution in [3.8, 4) is 10.4 Å². The monoisotopic (exact) mass is 365 g/mol. The first kappa shape index (κ1) is 16.4. The second kappa shape index (κ2) is 7.06. The number of nitrogens with zero attached hydrogens (tertiary/aromatic N) is 1. The lowest BCUT2D eigenvalue weighted by Gasteiger charge is -2.20. The van der Waals surface area contributed by atoms with Gasteiger partial charge in [0.2, 0.25) is 0 Å². The van der Waals surface area contributed by atoms with Gasteiger partial charge in [-0.05, 0) is 30.2 Å². The molecule has 1 aliphatic rings. The van der Waals surface area contributed by atoms with Gasteiger partial charge >= 0.3 is 0 Å². The number of rotatable bonds is 4. The summed E-state index contributed by atoms with van der Waals surface area (Å²) in [6.07, 6.45) is 0. The summed E-state index contributed by atoms with van der Waals surface area (Å²) >= 11 is 3.49. The topological polar surface area (TPSA) is 20.3 Å². The molecule has 1 amide bonds. The molecule has 0 spiro atoms. The van der Waals surface area contributed by atoms with Gasteiger partial charge in [-0.1, -0.05) is 48.5 Å². The zero-order valence-corrected chi connectivity index (χ0v) is 15.7. The van der Waals surface area contributed by atoms with Crippen LogP contribution in [-0.4, -0.2) is 17.4 Å². The molecule has 3 aromatic rings. The minimum absolute atomic E-state index is 0.133. The molecule has 2 aromatic carbocycles. The van der Waals surface area contributed by atoms with E-state index in [0.29, 0.717) is 13.1 Å². The smallest absolute Gasteiger partial charge is 0.264 e. The van der Waals surface area contributed by atoms with E-state index in [2.05, 4.69) is 42.5 Å². The number of hydrogen-bond acceptors (Lipinski definition) is 3. The van der Waals surface area contributed by atoms with E-state index >= 15 is 0 Å². The van der Waals surface area contributed by atoms with Crippen LogP contribution in [0.1, 0.15) is 27.7 Å². The van der Waals surface area contributed by atoms with E-state index in [1.54, 1.807) is 11.3 Å². The molecule has 0 radical (unpaired) electrons. The molecular weight excluding hydrogens is 346 g/mol. The van der Waals surface area contributed by atoms with E-state index in [-0.39, 0.29) is 5.91 Å². The van der Waals surface area contributed by atoms with Gasteiger partial charge in [0.25, 0.3) is 5.91 Å². The molecule has 0 aliphatic carbocycles. The number of fused-ring (bicyclic) bond motifs is 3. The van der Waals surface area contributed by atoms with Crippen molar-refractivity contribution in [2.45, 2.75) is 24.1 Å². The first-order valence-electron chi connectivity index (χ1n) is 8.44. The highest BCUT2D eigenvalue weighted by atomic mass is 32.2. The number of carbonyl (C=O) groups excluding carboxylic acids is 1. The average Bonchev–Trinajstić information content (AvgIpc) is 3.11. The molecule has 2 nitrogen and oxygen atoms in total. The minimum atomic E-state index is 0.133. The standard InChI is InChI=1S/C21H19NOS2/c1-2-22(13-15-8-4-3-5-9-15)21(23)19-12-16-14-24-18-11-7-6-10-17(18)20(16)25-19/h3-12H,2,13-14H2,1H3. The number of amides is 1. The Bertz CT molecular complexity index is 901. The van der Waals surface area contributed by atoms with Gasteiger partial charge in [-0.2, -0.15) is 0 Å². The van der Waals surface area contributed by atoms with Crippen LogP contribution in [0.3, 0.4) is 0 Å². The van der Waals surface area contributed by atoms with Crippen LogP contribution in [0.15, 0.2) is 65.6 Å². The van der Waals surface area contributed by atoms with Crippen molar-refractivity contribution in [2.24, 2.45) is 0 Å². The van der Waals surface area contributed by atoms with Gasteiger partial charge in [-0.3, -0.25) is 4.79 Å². The van der Waals surface area contributed by atoms with E-state index in [1.807, 2.05) is 41.8 Å². The summed E-state index contributed by atoms with van der Waals surface area (Å²) in [5, 5.41) is 0. The molecule has 126 valence electrons. The third-order valence-electron chi connectivity index (χ3n) is 4.42. The van der Waals surface area contributed by atoms with Crippen molar-refractivity contribution < 1.29 is 4.79 Å². The van der Waals surface area contributed by atoms with Crippen LogP contribution in [0.5, 0.6) is 0 Å². The Hall–Kier alpha value is -2.04. The van der Waals surface area contributed by atoms with Crippen LogP contribution in [-0.2, 0) is 12.3 Å². The molecule has 0 saturated carbocycles. The Labute approximate surface area is 156 Å². The Balaban J connectivity index is 1.62. The first-order valence-corrected chi connectivity index (χ1v) is 10.2. The number of thioether (sulfide) groups is 1. The number of hydrogen-bond donors (Lipinski definition) is 0. The summed E-state index contributed by atoms with van der Waals surface area (Å²) in [4.78, 5) is 18.4. The summed E-state index contributed by atoms with van der Waals surface area (Å²) in [5.74, 6) is 1.08. The Morgan fingerprint density at radius 3 is 2.64 bits per heavy atom. The van der Waals surface area contributed by atoms with Crippen LogP contribution >= 0.6 is 23.1 Å². The fourth-order valence-electron chi connectivity index (χ4n) is 3.09. The third-order valence-corrected chi connectivity index (χ3v) is 6.74. The highest BCUT2D eigenvalue weighted by molar-refractivity contribution is 7.98. The molecule has 0 atom stereocenters. The molecule has 1 aromatic heterocycles. The van der Waals surface area contributed by atoms with E-state index < -0.39 is 0 Å². The summed E-state index contributed by atoms with van der Waals surface area (Å²) in [6.45, 7) is 3.41. The summed E-state index contributed by atoms with van der Waals surface area (Å²) in [6, 6.07) is 20.8. The van der Waals surface area contributed by atoms with Crippen LogP contribution in [0.4, 0.5) is 0 Å². The highest BCUT2D eigenvalue weighted by Gasteiger charge is 2.24. The van der Waals surface area contributed by atoms with Crippen LogP contribution < -0.4 is 0 Å². The fraction of sp³-hybridized carbons (Fsp3) is 0.190. The van der Waals surface area contributed by atoms with E-state index in [4.69, 9.17) is 0 Å². The number of carbonyl (C=O) groups is 1. The second-order valence-electron chi connectivity index (χ2n) is 6.05. The van der Waals surface area contributed by atoms with Gasteiger partial charge in [-0.15, -0.1) is 23.1 Å². The molecule has 0 saturated heterocycles. The predicted molar refractivity (Wildman–Crippen MR) is 106 cm³/mol. The fourth-order valence-corrected chi connectivity index (χ4v) is 5.47. The van der Waals surface area contributed by atoms with E-state index in [1.165, 1.54) is 26.5 Å². The maximum atomic E-state index is 13.0. The van der Waals surface area contributed by atoms with Gasteiger partial charge in [0.05, 0.1) is 4.88 Å². The molecule has 0 unspecified atom stereocenters. The van der Waals surface area contributed by atoms with Crippen molar-refractivity contribution in [3.63, 3.8) is 0 Å². The number of thiophene rings is 1. The van der Waals surface area contributed by atoms with Gasteiger partial charge in [0.15, 0.2) is 0 Å². The second-order valence-corrected chi connectivity index (χ2v) is 8.12. The van der Waals surface area contributed by atoms with Gasteiger partial charge in [-0.25, -0.2) is 0 Å². The molecule has 2 heterocycles. The lowest BCUT2D eigenvalue weighted by atomic mass is 10.1. The molecule has 4 heteroatoms. The molecule has 0 bridgehead atoms. The average molecular weight is 366 g/mol. The van der Waals surface area contributed by atoms with Crippen LogP contribution in [0.2, 0.25) is 0 Å². The summed E-state index contributed by atoms with van der Waals surface area (Å²) in [7, 11) is 0. The van der Waals surface area contributed by atoms with Gasteiger partial charge in [0.1, 0.15) is 0 Å². The normalized spacial score (nSPS) is 12.4. The predicted octanol–water partition coefficient (Wildman–Crippen LogP) is 5.68. The Kier molecular flexibility index (Phi) is 4.64. The molecule has 0 N–H and O–H groups in total. The lowest BCUT2D eigenvalue weighted by molar-refractivity contribution is 0.0757. The quantitative estimate of drug-likeness (QED) is 0.592.